The van der Waals surface area contributed by atoms with Gasteiger partial charge in [-0.2, -0.15) is 5.10 Å². The molecular formula is C14H18Br2N4. The maximum Gasteiger partial charge on any atom is 0.0719 e. The Morgan fingerprint density at radius 3 is 2.65 bits per heavy atom. The van der Waals surface area contributed by atoms with Gasteiger partial charge in [-0.05, 0) is 57.5 Å². The highest BCUT2D eigenvalue weighted by atomic mass is 79.9. The predicted octanol–water partition coefficient (Wildman–Crippen LogP) is 3.41. The largest absolute Gasteiger partial charge is 0.311 e. The van der Waals surface area contributed by atoms with E-state index in [4.69, 9.17) is 0 Å². The maximum absolute atomic E-state index is 4.52. The van der Waals surface area contributed by atoms with Gasteiger partial charge < -0.3 is 5.32 Å². The molecule has 0 fully saturated rings. The van der Waals surface area contributed by atoms with Crippen LogP contribution in [-0.2, 0) is 19.9 Å². The number of aromatic nitrogens is 3. The molecule has 0 saturated heterocycles. The van der Waals surface area contributed by atoms with Crippen molar-refractivity contribution < 1.29 is 0 Å². The molecule has 0 aliphatic rings. The molecule has 0 aliphatic carbocycles. The summed E-state index contributed by atoms with van der Waals surface area (Å²) in [7, 11) is 3.95. The summed E-state index contributed by atoms with van der Waals surface area (Å²) in [5, 5.41) is 7.83. The van der Waals surface area contributed by atoms with Gasteiger partial charge in [-0.3, -0.25) is 9.67 Å². The highest BCUT2D eigenvalue weighted by molar-refractivity contribution is 9.11. The van der Waals surface area contributed by atoms with Crippen molar-refractivity contribution in [3.8, 4) is 0 Å². The van der Waals surface area contributed by atoms with Gasteiger partial charge in [0.15, 0.2) is 0 Å². The number of rotatable bonds is 5. The third kappa shape index (κ3) is 3.48. The number of hydrogen-bond acceptors (Lipinski definition) is 3. The van der Waals surface area contributed by atoms with Crippen LogP contribution in [0.5, 0.6) is 0 Å². The van der Waals surface area contributed by atoms with Crippen LogP contribution in [0.2, 0.25) is 0 Å². The zero-order valence-corrected chi connectivity index (χ0v) is 15.0. The molecule has 2 aromatic heterocycles. The summed E-state index contributed by atoms with van der Waals surface area (Å²) in [5.74, 6) is 0. The molecule has 0 aliphatic heterocycles. The van der Waals surface area contributed by atoms with E-state index in [9.17, 15) is 0 Å². The Morgan fingerprint density at radius 2 is 2.10 bits per heavy atom. The summed E-state index contributed by atoms with van der Waals surface area (Å²) in [6, 6.07) is 4.34. The van der Waals surface area contributed by atoms with E-state index in [0.717, 1.165) is 33.2 Å². The Bertz CT molecular complexity index is 595. The van der Waals surface area contributed by atoms with Gasteiger partial charge in [-0.15, -0.1) is 0 Å². The molecule has 0 radical (unpaired) electrons. The molecule has 4 nitrogen and oxygen atoms in total. The van der Waals surface area contributed by atoms with E-state index in [1.165, 1.54) is 5.69 Å². The van der Waals surface area contributed by atoms with Crippen molar-refractivity contribution in [2.45, 2.75) is 25.8 Å². The molecule has 2 aromatic rings. The van der Waals surface area contributed by atoms with Crippen molar-refractivity contribution >= 4 is 31.9 Å². The van der Waals surface area contributed by atoms with Crippen LogP contribution in [0.3, 0.4) is 0 Å². The van der Waals surface area contributed by atoms with Gasteiger partial charge in [0.05, 0.1) is 17.4 Å². The van der Waals surface area contributed by atoms with Crippen LogP contribution in [0, 0.1) is 0 Å². The van der Waals surface area contributed by atoms with Gasteiger partial charge in [-0.25, -0.2) is 0 Å². The topological polar surface area (TPSA) is 42.7 Å². The van der Waals surface area contributed by atoms with Crippen LogP contribution in [-0.4, -0.2) is 21.8 Å². The Morgan fingerprint density at radius 1 is 1.35 bits per heavy atom. The second-order valence-corrected chi connectivity index (χ2v) is 6.44. The third-order valence-corrected chi connectivity index (χ3v) is 4.39. The minimum atomic E-state index is 0.151. The number of hydrogen-bond donors (Lipinski definition) is 1. The first-order chi connectivity index (χ1) is 9.55. The molecule has 0 amide bonds. The van der Waals surface area contributed by atoms with Gasteiger partial charge >= 0.3 is 0 Å². The summed E-state index contributed by atoms with van der Waals surface area (Å²) in [4.78, 5) is 4.52. The predicted molar refractivity (Wildman–Crippen MR) is 87.7 cm³/mol. The van der Waals surface area contributed by atoms with E-state index in [0.29, 0.717) is 0 Å². The van der Waals surface area contributed by atoms with Crippen molar-refractivity contribution in [1.29, 1.82) is 0 Å². The Balaban J connectivity index is 2.26. The summed E-state index contributed by atoms with van der Waals surface area (Å²) in [6.07, 6.45) is 3.64. The van der Waals surface area contributed by atoms with E-state index in [-0.39, 0.29) is 6.04 Å². The quantitative estimate of drug-likeness (QED) is 0.834. The van der Waals surface area contributed by atoms with Crippen LogP contribution in [0.15, 0.2) is 27.3 Å². The minimum absolute atomic E-state index is 0.151. The van der Waals surface area contributed by atoms with Crippen molar-refractivity contribution in [3.05, 3.63) is 44.4 Å². The minimum Gasteiger partial charge on any atom is -0.311 e. The summed E-state index contributed by atoms with van der Waals surface area (Å²) >= 11 is 7.02. The molecule has 0 aromatic carbocycles. The average Bonchev–Trinajstić information content (AvgIpc) is 2.77. The number of halogens is 2. The van der Waals surface area contributed by atoms with E-state index in [2.05, 4.69) is 60.2 Å². The van der Waals surface area contributed by atoms with Crippen LogP contribution in [0.1, 0.15) is 30.0 Å². The van der Waals surface area contributed by atoms with E-state index < -0.39 is 0 Å². The highest BCUT2D eigenvalue weighted by Crippen LogP contribution is 2.26. The SMILES string of the molecule is CCc1cc(CC(NC)c2ncc(Br)cc2Br)n(C)n1. The van der Waals surface area contributed by atoms with Crippen LogP contribution < -0.4 is 5.32 Å². The Kier molecular flexibility index (Phi) is 5.35. The monoisotopic (exact) mass is 400 g/mol. The van der Waals surface area contributed by atoms with Crippen molar-refractivity contribution in [2.24, 2.45) is 7.05 Å². The normalized spacial score (nSPS) is 12.7. The number of nitrogens with zero attached hydrogens (tertiary/aromatic N) is 3. The average molecular weight is 402 g/mol. The molecule has 1 atom stereocenters. The molecule has 6 heteroatoms. The van der Waals surface area contributed by atoms with Gasteiger partial charge in [0.25, 0.3) is 0 Å². The molecule has 1 N–H and O–H groups in total. The Labute approximate surface area is 136 Å². The van der Waals surface area contributed by atoms with Gasteiger partial charge in [0.1, 0.15) is 0 Å². The second-order valence-electron chi connectivity index (χ2n) is 4.67. The lowest BCUT2D eigenvalue weighted by molar-refractivity contribution is 0.546. The number of pyridine rings is 1. The molecular weight excluding hydrogens is 384 g/mol. The van der Waals surface area contributed by atoms with Crippen molar-refractivity contribution in [3.63, 3.8) is 0 Å². The van der Waals surface area contributed by atoms with Crippen molar-refractivity contribution in [1.82, 2.24) is 20.1 Å². The van der Waals surface area contributed by atoms with Gasteiger partial charge in [0, 0.05) is 34.3 Å². The smallest absolute Gasteiger partial charge is 0.0719 e. The lowest BCUT2D eigenvalue weighted by Crippen LogP contribution is -2.21. The summed E-state index contributed by atoms with van der Waals surface area (Å²) in [6.45, 7) is 2.12. The lowest BCUT2D eigenvalue weighted by Gasteiger charge is -2.17. The molecule has 1 unspecified atom stereocenters. The number of likely N-dealkylation sites (N-methyl/N-ethyl adjacent to an activating group) is 1. The van der Waals surface area contributed by atoms with Crippen LogP contribution in [0.25, 0.3) is 0 Å². The zero-order valence-electron chi connectivity index (χ0n) is 11.8. The highest BCUT2D eigenvalue weighted by Gasteiger charge is 2.17. The molecule has 108 valence electrons. The molecule has 0 saturated carbocycles. The van der Waals surface area contributed by atoms with Gasteiger partial charge in [0.2, 0.25) is 0 Å². The molecule has 2 heterocycles. The Hall–Kier alpha value is -0.720. The maximum atomic E-state index is 4.52. The fourth-order valence-corrected chi connectivity index (χ4v) is 3.43. The fourth-order valence-electron chi connectivity index (χ4n) is 2.16. The zero-order chi connectivity index (χ0) is 14.7. The van der Waals surface area contributed by atoms with Gasteiger partial charge in [-0.1, -0.05) is 6.92 Å². The van der Waals surface area contributed by atoms with Crippen molar-refractivity contribution in [2.75, 3.05) is 7.05 Å². The second kappa shape index (κ2) is 6.83. The fraction of sp³-hybridized carbons (Fsp3) is 0.429. The van der Waals surface area contributed by atoms with E-state index in [1.54, 1.807) is 0 Å². The lowest BCUT2D eigenvalue weighted by atomic mass is 10.1. The van der Waals surface area contributed by atoms with E-state index >= 15 is 0 Å². The van der Waals surface area contributed by atoms with E-state index in [1.807, 2.05) is 31.0 Å². The van der Waals surface area contributed by atoms with Crippen LogP contribution in [0.4, 0.5) is 0 Å². The molecule has 20 heavy (non-hydrogen) atoms. The molecule has 0 bridgehead atoms. The molecule has 2 rings (SSSR count). The standard InChI is InChI=1S/C14H18Br2N4/c1-4-10-6-11(20(3)19-10)7-13(17-2)14-12(16)5-9(15)8-18-14/h5-6,8,13,17H,4,7H2,1-3H3. The van der Waals surface area contributed by atoms with Crippen LogP contribution >= 0.6 is 31.9 Å². The molecule has 0 spiro atoms. The summed E-state index contributed by atoms with van der Waals surface area (Å²) in [5.41, 5.74) is 3.34. The number of nitrogens with one attached hydrogen (secondary N) is 1. The first-order valence-corrected chi connectivity index (χ1v) is 8.13. The summed E-state index contributed by atoms with van der Waals surface area (Å²) < 4.78 is 3.93. The first kappa shape index (κ1) is 15.7. The third-order valence-electron chi connectivity index (χ3n) is 3.32. The number of aryl methyl sites for hydroxylation is 2. The first-order valence-electron chi connectivity index (χ1n) is 6.55.